The maximum Gasteiger partial charge on any atom is 0.242 e. The van der Waals surface area contributed by atoms with E-state index >= 15 is 0 Å². The van der Waals surface area contributed by atoms with Gasteiger partial charge in [-0.3, -0.25) is 4.79 Å². The van der Waals surface area contributed by atoms with Gasteiger partial charge in [-0.25, -0.2) is 0 Å². The molecule has 2 unspecified atom stereocenters. The smallest absolute Gasteiger partial charge is 0.242 e. The largest absolute Gasteiger partial charge is 0.380 e. The average Bonchev–Trinajstić information content (AvgIpc) is 2.72. The fourth-order valence-electron chi connectivity index (χ4n) is 1.72. The first-order valence-corrected chi connectivity index (χ1v) is 6.25. The zero-order valence-electron chi connectivity index (χ0n) is 11.0. The topological polar surface area (TPSA) is 73.6 Å². The fraction of sp³-hybridized carbons (Fsp3) is 0.917. The van der Waals surface area contributed by atoms with E-state index in [0.29, 0.717) is 38.8 Å². The lowest BCUT2D eigenvalue weighted by Crippen LogP contribution is -2.58. The van der Waals surface area contributed by atoms with Crippen molar-refractivity contribution in [1.29, 1.82) is 0 Å². The molecule has 5 heteroatoms. The van der Waals surface area contributed by atoms with Crippen molar-refractivity contribution in [2.75, 3.05) is 26.4 Å². The maximum atomic E-state index is 12.1. The van der Waals surface area contributed by atoms with Gasteiger partial charge >= 0.3 is 0 Å². The predicted molar refractivity (Wildman–Crippen MR) is 65.6 cm³/mol. The van der Waals surface area contributed by atoms with Crippen LogP contribution in [-0.4, -0.2) is 43.9 Å². The number of rotatable bonds is 6. The third-order valence-electron chi connectivity index (χ3n) is 3.13. The van der Waals surface area contributed by atoms with E-state index in [1.807, 2.05) is 6.92 Å². The van der Waals surface area contributed by atoms with Crippen LogP contribution in [0.4, 0.5) is 0 Å². The van der Waals surface area contributed by atoms with Gasteiger partial charge in [0, 0.05) is 13.2 Å². The van der Waals surface area contributed by atoms with E-state index in [4.69, 9.17) is 15.2 Å². The number of carbonyl (C=O) groups excluding carboxylic acids is 1. The maximum absolute atomic E-state index is 12.1. The van der Waals surface area contributed by atoms with Gasteiger partial charge in [0.2, 0.25) is 5.91 Å². The van der Waals surface area contributed by atoms with Crippen molar-refractivity contribution in [2.24, 2.45) is 11.7 Å². The van der Waals surface area contributed by atoms with Gasteiger partial charge in [0.1, 0.15) is 5.54 Å². The Bertz CT molecular complexity index is 250. The molecule has 1 saturated heterocycles. The van der Waals surface area contributed by atoms with E-state index in [2.05, 4.69) is 19.2 Å². The second kappa shape index (κ2) is 6.33. The highest BCUT2D eigenvalue weighted by atomic mass is 16.5. The Morgan fingerprint density at radius 1 is 1.59 bits per heavy atom. The summed E-state index contributed by atoms with van der Waals surface area (Å²) in [4.78, 5) is 12.1. The van der Waals surface area contributed by atoms with E-state index in [1.165, 1.54) is 0 Å². The monoisotopic (exact) mass is 244 g/mol. The highest BCUT2D eigenvalue weighted by Crippen LogP contribution is 2.16. The molecule has 2 atom stereocenters. The molecule has 17 heavy (non-hydrogen) atoms. The summed E-state index contributed by atoms with van der Waals surface area (Å²) < 4.78 is 10.6. The van der Waals surface area contributed by atoms with Gasteiger partial charge in [-0.05, 0) is 19.3 Å². The summed E-state index contributed by atoms with van der Waals surface area (Å²) in [6.45, 7) is 8.08. The van der Waals surface area contributed by atoms with Crippen molar-refractivity contribution in [1.82, 2.24) is 5.32 Å². The number of amides is 1. The second-order valence-corrected chi connectivity index (χ2v) is 4.94. The van der Waals surface area contributed by atoms with Gasteiger partial charge in [-0.2, -0.15) is 0 Å². The van der Waals surface area contributed by atoms with E-state index in [-0.39, 0.29) is 11.9 Å². The molecule has 1 rings (SSSR count). The minimum atomic E-state index is -0.862. The van der Waals surface area contributed by atoms with Crippen molar-refractivity contribution in [3.63, 3.8) is 0 Å². The first-order chi connectivity index (χ1) is 7.99. The third kappa shape index (κ3) is 3.94. The number of hydrogen-bond donors (Lipinski definition) is 2. The summed E-state index contributed by atoms with van der Waals surface area (Å²) in [5, 5.41) is 2.96. The molecule has 0 aromatic heterocycles. The van der Waals surface area contributed by atoms with Crippen molar-refractivity contribution in [2.45, 2.75) is 38.8 Å². The van der Waals surface area contributed by atoms with E-state index in [9.17, 15) is 4.79 Å². The molecule has 1 fully saturated rings. The molecular weight excluding hydrogens is 220 g/mol. The summed E-state index contributed by atoms with van der Waals surface area (Å²) in [6.07, 6.45) is 0.582. The Labute approximate surface area is 103 Å². The average molecular weight is 244 g/mol. The number of carbonyl (C=O) groups is 1. The van der Waals surface area contributed by atoms with Crippen LogP contribution < -0.4 is 11.1 Å². The number of hydrogen-bond acceptors (Lipinski definition) is 4. The van der Waals surface area contributed by atoms with Gasteiger partial charge in [-0.15, -0.1) is 0 Å². The molecule has 0 bridgehead atoms. The molecule has 5 nitrogen and oxygen atoms in total. The van der Waals surface area contributed by atoms with E-state index in [0.717, 1.165) is 0 Å². The normalized spacial score (nSPS) is 26.2. The first kappa shape index (κ1) is 14.4. The lowest BCUT2D eigenvalue weighted by molar-refractivity contribution is -0.128. The Hall–Kier alpha value is -0.650. The fourth-order valence-corrected chi connectivity index (χ4v) is 1.72. The molecule has 0 radical (unpaired) electrons. The summed E-state index contributed by atoms with van der Waals surface area (Å²) in [5.74, 6) is 0.185. The first-order valence-electron chi connectivity index (χ1n) is 6.25. The van der Waals surface area contributed by atoms with Gasteiger partial charge < -0.3 is 20.5 Å². The van der Waals surface area contributed by atoms with Crippen LogP contribution in [0.1, 0.15) is 27.2 Å². The Balaban J connectivity index is 2.51. The standard InChI is InChI=1S/C12H24N2O3/c1-4-16-7-10(9(2)3)14-11(15)12(13)5-6-17-8-12/h9-10H,4-8,13H2,1-3H3,(H,14,15). The lowest BCUT2D eigenvalue weighted by atomic mass is 9.97. The molecule has 0 aliphatic carbocycles. The second-order valence-electron chi connectivity index (χ2n) is 4.94. The molecule has 1 aliphatic rings. The van der Waals surface area contributed by atoms with Gasteiger partial charge in [-0.1, -0.05) is 13.8 Å². The Kier molecular flexibility index (Phi) is 5.36. The minimum absolute atomic E-state index is 0.00322. The molecule has 1 aliphatic heterocycles. The Morgan fingerprint density at radius 3 is 2.76 bits per heavy atom. The third-order valence-corrected chi connectivity index (χ3v) is 3.13. The van der Waals surface area contributed by atoms with Crippen LogP contribution in [0.2, 0.25) is 0 Å². The minimum Gasteiger partial charge on any atom is -0.380 e. The molecule has 0 aromatic rings. The van der Waals surface area contributed by atoms with Gasteiger partial charge in [0.05, 0.1) is 19.3 Å². The zero-order valence-corrected chi connectivity index (χ0v) is 11.0. The number of nitrogens with two attached hydrogens (primary N) is 1. The van der Waals surface area contributed by atoms with Crippen molar-refractivity contribution >= 4 is 5.91 Å². The number of nitrogens with one attached hydrogen (secondary N) is 1. The quantitative estimate of drug-likeness (QED) is 0.704. The van der Waals surface area contributed by atoms with Gasteiger partial charge in [0.15, 0.2) is 0 Å². The lowest BCUT2D eigenvalue weighted by Gasteiger charge is -2.27. The SMILES string of the molecule is CCOCC(NC(=O)C1(N)CCOC1)C(C)C. The molecule has 1 heterocycles. The molecule has 0 aromatic carbocycles. The molecule has 0 spiro atoms. The molecule has 100 valence electrons. The van der Waals surface area contributed by atoms with E-state index in [1.54, 1.807) is 0 Å². The summed E-state index contributed by atoms with van der Waals surface area (Å²) in [7, 11) is 0. The van der Waals surface area contributed by atoms with Crippen LogP contribution in [0, 0.1) is 5.92 Å². The van der Waals surface area contributed by atoms with Crippen molar-refractivity contribution < 1.29 is 14.3 Å². The van der Waals surface area contributed by atoms with E-state index < -0.39 is 5.54 Å². The highest BCUT2D eigenvalue weighted by molar-refractivity contribution is 5.86. The summed E-state index contributed by atoms with van der Waals surface area (Å²) in [5.41, 5.74) is 5.14. The zero-order chi connectivity index (χ0) is 12.9. The molecule has 1 amide bonds. The molecular formula is C12H24N2O3. The molecule has 0 saturated carbocycles. The van der Waals surface area contributed by atoms with Crippen LogP contribution >= 0.6 is 0 Å². The predicted octanol–water partition coefficient (Wildman–Crippen LogP) is 0.282. The van der Waals surface area contributed by atoms with Crippen molar-refractivity contribution in [3.8, 4) is 0 Å². The van der Waals surface area contributed by atoms with Crippen LogP contribution in [0.3, 0.4) is 0 Å². The highest BCUT2D eigenvalue weighted by Gasteiger charge is 2.39. The number of ether oxygens (including phenoxy) is 2. The van der Waals surface area contributed by atoms with Crippen LogP contribution in [0.25, 0.3) is 0 Å². The van der Waals surface area contributed by atoms with Gasteiger partial charge in [0.25, 0.3) is 0 Å². The van der Waals surface area contributed by atoms with Crippen LogP contribution in [0.5, 0.6) is 0 Å². The Morgan fingerprint density at radius 2 is 2.29 bits per heavy atom. The van der Waals surface area contributed by atoms with Crippen LogP contribution in [-0.2, 0) is 14.3 Å². The summed E-state index contributed by atoms with van der Waals surface area (Å²) >= 11 is 0. The van der Waals surface area contributed by atoms with Crippen LogP contribution in [0.15, 0.2) is 0 Å². The van der Waals surface area contributed by atoms with Crippen molar-refractivity contribution in [3.05, 3.63) is 0 Å². The molecule has 3 N–H and O–H groups in total. The summed E-state index contributed by atoms with van der Waals surface area (Å²) in [6, 6.07) is 0.00322.